The van der Waals surface area contributed by atoms with E-state index in [2.05, 4.69) is 72.2 Å². The van der Waals surface area contributed by atoms with Crippen molar-refractivity contribution in [3.63, 3.8) is 0 Å². The van der Waals surface area contributed by atoms with Gasteiger partial charge in [0.25, 0.3) is 0 Å². The van der Waals surface area contributed by atoms with Gasteiger partial charge in [-0.3, -0.25) is 0 Å². The molecule has 2 nitrogen and oxygen atoms in total. The molecule has 1 fully saturated rings. The summed E-state index contributed by atoms with van der Waals surface area (Å²) < 4.78 is 1.39. The van der Waals surface area contributed by atoms with Crippen molar-refractivity contribution in [2.45, 2.75) is 32.0 Å². The topological polar surface area (TPSA) is 24.1 Å². The van der Waals surface area contributed by atoms with Gasteiger partial charge < -0.3 is 10.6 Å². The molecule has 2 aromatic carbocycles. The largest absolute Gasteiger partial charge is 0.309 e. The van der Waals surface area contributed by atoms with Crippen LogP contribution < -0.4 is 10.6 Å². The number of benzene rings is 2. The molecule has 2 N–H and O–H groups in total. The van der Waals surface area contributed by atoms with Crippen LogP contribution in [0, 0.1) is 6.92 Å². The molecule has 2 atom stereocenters. The molecule has 2 unspecified atom stereocenters. The van der Waals surface area contributed by atoms with Gasteiger partial charge in [-0.2, -0.15) is 0 Å². The third kappa shape index (κ3) is 2.92. The van der Waals surface area contributed by atoms with E-state index < -0.39 is 0 Å². The second-order valence-electron chi connectivity index (χ2n) is 6.26. The molecule has 0 bridgehead atoms. The van der Waals surface area contributed by atoms with Gasteiger partial charge in [-0.15, -0.1) is 11.3 Å². The minimum atomic E-state index is 0.422. The Morgan fingerprint density at radius 3 is 2.70 bits per heavy atom. The van der Waals surface area contributed by atoms with Gasteiger partial charge >= 0.3 is 0 Å². The Hall–Kier alpha value is -1.68. The molecule has 3 aromatic rings. The van der Waals surface area contributed by atoms with Crippen LogP contribution in [0.15, 0.2) is 54.6 Å². The summed E-state index contributed by atoms with van der Waals surface area (Å²) in [5, 5.41) is 8.84. The van der Waals surface area contributed by atoms with Crippen LogP contribution in [-0.2, 0) is 6.54 Å². The first-order valence-corrected chi connectivity index (χ1v) is 9.13. The maximum atomic E-state index is 3.80. The summed E-state index contributed by atoms with van der Waals surface area (Å²) in [6, 6.07) is 20.4. The Labute approximate surface area is 141 Å². The van der Waals surface area contributed by atoms with Crippen molar-refractivity contribution in [2.75, 3.05) is 6.54 Å². The number of nitrogens with one attached hydrogen (secondary N) is 2. The van der Waals surface area contributed by atoms with Crippen LogP contribution in [0.5, 0.6) is 0 Å². The molecule has 0 radical (unpaired) electrons. The van der Waals surface area contributed by atoms with Crippen molar-refractivity contribution >= 4 is 21.4 Å². The van der Waals surface area contributed by atoms with Crippen LogP contribution in [0.1, 0.15) is 28.5 Å². The molecule has 118 valence electrons. The first-order chi connectivity index (χ1) is 11.3. The Bertz CT molecular complexity index is 794. The standard InChI is InChI=1S/C20H22N2S/c1-14-16-9-5-6-10-18(16)23-19(14)13-22-17-11-12-21-20(17)15-7-3-2-4-8-15/h2-10,17,20-22H,11-13H2,1H3. The summed E-state index contributed by atoms with van der Waals surface area (Å²) in [6.07, 6.45) is 1.18. The van der Waals surface area contributed by atoms with E-state index in [0.717, 1.165) is 13.1 Å². The van der Waals surface area contributed by atoms with E-state index in [1.165, 1.54) is 32.5 Å². The second kappa shape index (κ2) is 6.44. The van der Waals surface area contributed by atoms with Crippen molar-refractivity contribution in [2.24, 2.45) is 0 Å². The fourth-order valence-corrected chi connectivity index (χ4v) is 4.71. The fraction of sp³-hybridized carbons (Fsp3) is 0.300. The first-order valence-electron chi connectivity index (χ1n) is 8.31. The molecular formula is C20H22N2S. The number of hydrogen-bond donors (Lipinski definition) is 2. The van der Waals surface area contributed by atoms with Gasteiger partial charge in [-0.25, -0.2) is 0 Å². The van der Waals surface area contributed by atoms with E-state index in [9.17, 15) is 0 Å². The van der Waals surface area contributed by atoms with E-state index in [0.29, 0.717) is 12.1 Å². The molecule has 0 saturated carbocycles. The number of fused-ring (bicyclic) bond motifs is 1. The van der Waals surface area contributed by atoms with Crippen molar-refractivity contribution in [3.05, 3.63) is 70.6 Å². The lowest BCUT2D eigenvalue weighted by atomic mass is 10.0. The zero-order valence-electron chi connectivity index (χ0n) is 13.4. The quantitative estimate of drug-likeness (QED) is 0.744. The van der Waals surface area contributed by atoms with Gasteiger partial charge in [0.2, 0.25) is 0 Å². The van der Waals surface area contributed by atoms with Crippen molar-refractivity contribution < 1.29 is 0 Å². The molecule has 0 aliphatic carbocycles. The monoisotopic (exact) mass is 322 g/mol. The lowest BCUT2D eigenvalue weighted by molar-refractivity contribution is 0.462. The summed E-state index contributed by atoms with van der Waals surface area (Å²) in [7, 11) is 0. The molecule has 23 heavy (non-hydrogen) atoms. The van der Waals surface area contributed by atoms with Crippen molar-refractivity contribution in [3.8, 4) is 0 Å². The third-order valence-corrected chi connectivity index (χ3v) is 6.12. The third-order valence-electron chi connectivity index (χ3n) is 4.85. The Morgan fingerprint density at radius 1 is 1.09 bits per heavy atom. The van der Waals surface area contributed by atoms with Gasteiger partial charge in [0.05, 0.1) is 0 Å². The summed E-state index contributed by atoms with van der Waals surface area (Å²) in [5.74, 6) is 0. The predicted octanol–water partition coefficient (Wildman–Crippen LogP) is 4.40. The number of rotatable bonds is 4. The minimum absolute atomic E-state index is 0.422. The molecule has 0 amide bonds. The van der Waals surface area contributed by atoms with E-state index >= 15 is 0 Å². The number of aryl methyl sites for hydroxylation is 1. The SMILES string of the molecule is Cc1c(CNC2CCNC2c2ccccc2)sc2ccccc12. The Kier molecular flexibility index (Phi) is 4.17. The lowest BCUT2D eigenvalue weighted by Crippen LogP contribution is -2.33. The average molecular weight is 322 g/mol. The van der Waals surface area contributed by atoms with E-state index in [1.54, 1.807) is 0 Å². The van der Waals surface area contributed by atoms with E-state index in [-0.39, 0.29) is 0 Å². The summed E-state index contributed by atoms with van der Waals surface area (Å²) in [5.41, 5.74) is 2.82. The summed E-state index contributed by atoms with van der Waals surface area (Å²) >= 11 is 1.92. The van der Waals surface area contributed by atoms with E-state index in [1.807, 2.05) is 11.3 Å². The van der Waals surface area contributed by atoms with Crippen LogP contribution in [-0.4, -0.2) is 12.6 Å². The summed E-state index contributed by atoms with van der Waals surface area (Å²) in [4.78, 5) is 1.46. The zero-order valence-corrected chi connectivity index (χ0v) is 14.2. The van der Waals surface area contributed by atoms with Crippen molar-refractivity contribution in [1.29, 1.82) is 0 Å². The van der Waals surface area contributed by atoms with Gasteiger partial charge in [0.1, 0.15) is 0 Å². The highest BCUT2D eigenvalue weighted by Gasteiger charge is 2.27. The van der Waals surface area contributed by atoms with Crippen LogP contribution >= 0.6 is 11.3 Å². The van der Waals surface area contributed by atoms with Crippen LogP contribution in [0.2, 0.25) is 0 Å². The predicted molar refractivity (Wildman–Crippen MR) is 99.0 cm³/mol. The Balaban J connectivity index is 1.50. The lowest BCUT2D eigenvalue weighted by Gasteiger charge is -2.21. The van der Waals surface area contributed by atoms with Crippen LogP contribution in [0.4, 0.5) is 0 Å². The molecule has 1 aliphatic rings. The van der Waals surface area contributed by atoms with Crippen LogP contribution in [0.25, 0.3) is 10.1 Å². The highest BCUT2D eigenvalue weighted by atomic mass is 32.1. The second-order valence-corrected chi connectivity index (χ2v) is 7.40. The normalized spacial score (nSPS) is 21.1. The first kappa shape index (κ1) is 14.9. The van der Waals surface area contributed by atoms with Crippen molar-refractivity contribution in [1.82, 2.24) is 10.6 Å². The smallest absolute Gasteiger partial charge is 0.0476 e. The van der Waals surface area contributed by atoms with Gasteiger partial charge in [-0.05, 0) is 42.5 Å². The highest BCUT2D eigenvalue weighted by Crippen LogP contribution is 2.31. The molecule has 3 heteroatoms. The summed E-state index contributed by atoms with van der Waals surface area (Å²) in [6.45, 7) is 4.29. The molecule has 1 aliphatic heterocycles. The molecular weight excluding hydrogens is 300 g/mol. The van der Waals surface area contributed by atoms with Gasteiger partial charge in [0.15, 0.2) is 0 Å². The zero-order chi connectivity index (χ0) is 15.6. The van der Waals surface area contributed by atoms with Gasteiger partial charge in [-0.1, -0.05) is 48.5 Å². The molecule has 1 saturated heterocycles. The fourth-order valence-electron chi connectivity index (χ4n) is 3.55. The molecule has 1 aromatic heterocycles. The molecule has 0 spiro atoms. The Morgan fingerprint density at radius 2 is 1.87 bits per heavy atom. The maximum absolute atomic E-state index is 3.80. The average Bonchev–Trinajstić information content (AvgIpc) is 3.19. The van der Waals surface area contributed by atoms with E-state index in [4.69, 9.17) is 0 Å². The number of thiophene rings is 1. The van der Waals surface area contributed by atoms with Gasteiger partial charge in [0, 0.05) is 28.2 Å². The maximum Gasteiger partial charge on any atom is 0.0476 e. The number of hydrogen-bond acceptors (Lipinski definition) is 3. The van der Waals surface area contributed by atoms with Crippen LogP contribution in [0.3, 0.4) is 0 Å². The highest BCUT2D eigenvalue weighted by molar-refractivity contribution is 7.19. The molecule has 4 rings (SSSR count). The minimum Gasteiger partial charge on any atom is -0.309 e. The molecule has 2 heterocycles.